The molecule has 1 aromatic carbocycles. The number of carbonyl (C=O) groups is 1. The van der Waals surface area contributed by atoms with E-state index in [9.17, 15) is 18.0 Å². The van der Waals surface area contributed by atoms with Gasteiger partial charge in [0.15, 0.2) is 5.78 Å². The lowest BCUT2D eigenvalue weighted by Crippen LogP contribution is -2.17. The van der Waals surface area contributed by atoms with Gasteiger partial charge in [-0.25, -0.2) is 0 Å². The highest BCUT2D eigenvalue weighted by molar-refractivity contribution is 9.13. The van der Waals surface area contributed by atoms with Crippen molar-refractivity contribution >= 4 is 37.6 Å². The maximum absolute atomic E-state index is 12.0. The topological polar surface area (TPSA) is 26.3 Å². The normalized spacial score (nSPS) is 11.4. The number of alkyl halides is 3. The van der Waals surface area contributed by atoms with E-state index >= 15 is 0 Å². The van der Waals surface area contributed by atoms with Gasteiger partial charge in [-0.3, -0.25) is 4.79 Å². The molecule has 0 saturated carbocycles. The van der Waals surface area contributed by atoms with E-state index in [1.54, 1.807) is 0 Å². The molecular weight excluding hydrogens is 357 g/mol. The number of carbonyl (C=O) groups excluding carboxylic acids is 1. The van der Waals surface area contributed by atoms with E-state index < -0.39 is 12.1 Å². The lowest BCUT2D eigenvalue weighted by Gasteiger charge is -2.12. The summed E-state index contributed by atoms with van der Waals surface area (Å²) in [6, 6.07) is 2.34. The Balaban J connectivity index is 3.17. The third-order valence-corrected chi connectivity index (χ3v) is 3.79. The molecule has 0 aliphatic heterocycles. The fraction of sp³-hybridized carbons (Fsp3) is 0.222. The van der Waals surface area contributed by atoms with Gasteiger partial charge in [-0.1, -0.05) is 0 Å². The van der Waals surface area contributed by atoms with E-state index in [0.29, 0.717) is 0 Å². The molecule has 0 fully saturated rings. The van der Waals surface area contributed by atoms with Crippen LogP contribution >= 0.6 is 31.9 Å². The standard InChI is InChI=1S/C9H5Br2F3O2/c1-4(15)5-2-3-6(8(11)7(5)10)16-9(12,13)14/h2-3H,1H3. The number of ketones is 1. The maximum Gasteiger partial charge on any atom is 0.573 e. The minimum absolute atomic E-state index is 0.0533. The van der Waals surface area contributed by atoms with E-state index in [1.165, 1.54) is 13.0 Å². The molecule has 2 nitrogen and oxygen atoms in total. The first-order valence-electron chi connectivity index (χ1n) is 3.97. The van der Waals surface area contributed by atoms with E-state index in [1.807, 2.05) is 0 Å². The van der Waals surface area contributed by atoms with Crippen molar-refractivity contribution in [1.82, 2.24) is 0 Å². The molecule has 1 aromatic rings. The van der Waals surface area contributed by atoms with Crippen LogP contribution in [0.2, 0.25) is 0 Å². The van der Waals surface area contributed by atoms with Gasteiger partial charge in [0.1, 0.15) is 5.75 Å². The molecule has 0 amide bonds. The minimum Gasteiger partial charge on any atom is -0.405 e. The van der Waals surface area contributed by atoms with Gasteiger partial charge in [-0.05, 0) is 50.9 Å². The Morgan fingerprint density at radius 3 is 2.25 bits per heavy atom. The summed E-state index contributed by atoms with van der Waals surface area (Å²) in [4.78, 5) is 11.1. The zero-order chi connectivity index (χ0) is 12.5. The molecule has 0 aliphatic rings. The van der Waals surface area contributed by atoms with Crippen molar-refractivity contribution in [3.05, 3.63) is 26.6 Å². The predicted octanol–water partition coefficient (Wildman–Crippen LogP) is 4.31. The molecule has 0 saturated heterocycles. The zero-order valence-electron chi connectivity index (χ0n) is 7.86. The molecule has 88 valence electrons. The Bertz CT molecular complexity index is 429. The van der Waals surface area contributed by atoms with Crippen molar-refractivity contribution in [1.29, 1.82) is 0 Å². The lowest BCUT2D eigenvalue weighted by atomic mass is 10.1. The van der Waals surface area contributed by atoms with Crippen LogP contribution in [-0.2, 0) is 0 Å². The molecule has 0 N–H and O–H groups in total. The summed E-state index contributed by atoms with van der Waals surface area (Å²) in [5, 5.41) is 0. The summed E-state index contributed by atoms with van der Waals surface area (Å²) in [6.45, 7) is 1.32. The molecule has 0 atom stereocenters. The Hall–Kier alpha value is -0.560. The van der Waals surface area contributed by atoms with Crippen LogP contribution in [0.5, 0.6) is 5.75 Å². The molecule has 0 aromatic heterocycles. The molecule has 16 heavy (non-hydrogen) atoms. The molecule has 0 aliphatic carbocycles. The van der Waals surface area contributed by atoms with Crippen molar-refractivity contribution in [2.24, 2.45) is 0 Å². The summed E-state index contributed by atoms with van der Waals surface area (Å²) in [7, 11) is 0. The smallest absolute Gasteiger partial charge is 0.405 e. The number of ether oxygens (including phenoxy) is 1. The predicted molar refractivity (Wildman–Crippen MR) is 58.5 cm³/mol. The van der Waals surface area contributed by atoms with E-state index in [-0.39, 0.29) is 20.3 Å². The van der Waals surface area contributed by atoms with Crippen molar-refractivity contribution < 1.29 is 22.7 Å². The molecule has 0 radical (unpaired) electrons. The monoisotopic (exact) mass is 360 g/mol. The molecule has 0 bridgehead atoms. The summed E-state index contributed by atoms with van der Waals surface area (Å²) in [5.74, 6) is -0.657. The van der Waals surface area contributed by atoms with Crippen LogP contribution in [0.3, 0.4) is 0 Å². The molecule has 0 heterocycles. The average Bonchev–Trinajstić information content (AvgIpc) is 2.10. The van der Waals surface area contributed by atoms with Gasteiger partial charge in [-0.2, -0.15) is 0 Å². The number of halogens is 5. The largest absolute Gasteiger partial charge is 0.573 e. The highest BCUT2D eigenvalue weighted by atomic mass is 79.9. The number of rotatable bonds is 2. The van der Waals surface area contributed by atoms with Crippen molar-refractivity contribution in [3.8, 4) is 5.75 Å². The Kier molecular flexibility index (Phi) is 4.01. The van der Waals surface area contributed by atoms with Gasteiger partial charge in [0.05, 0.1) is 4.47 Å². The van der Waals surface area contributed by atoms with E-state index in [4.69, 9.17) is 0 Å². The van der Waals surface area contributed by atoms with Crippen LogP contribution in [0.15, 0.2) is 21.1 Å². The third-order valence-electron chi connectivity index (χ3n) is 1.65. The first-order chi connectivity index (χ1) is 7.22. The van der Waals surface area contributed by atoms with Crippen molar-refractivity contribution in [2.45, 2.75) is 13.3 Å². The molecular formula is C9H5Br2F3O2. The van der Waals surface area contributed by atoms with Gasteiger partial charge in [-0.15, -0.1) is 13.2 Å². The second kappa shape index (κ2) is 4.75. The van der Waals surface area contributed by atoms with Gasteiger partial charge in [0.25, 0.3) is 0 Å². The van der Waals surface area contributed by atoms with Crippen LogP contribution in [0, 0.1) is 0 Å². The molecule has 0 unspecified atom stereocenters. The zero-order valence-corrected chi connectivity index (χ0v) is 11.0. The van der Waals surface area contributed by atoms with Gasteiger partial charge in [0.2, 0.25) is 0 Å². The summed E-state index contributed by atoms with van der Waals surface area (Å²) >= 11 is 5.95. The first kappa shape index (κ1) is 13.5. The van der Waals surface area contributed by atoms with Crippen LogP contribution in [0.1, 0.15) is 17.3 Å². The number of hydrogen-bond donors (Lipinski definition) is 0. The fourth-order valence-electron chi connectivity index (χ4n) is 1.01. The molecule has 1 rings (SSSR count). The Labute approximate surface area is 106 Å². The van der Waals surface area contributed by atoms with Gasteiger partial charge >= 0.3 is 6.36 Å². The molecule has 7 heteroatoms. The highest BCUT2D eigenvalue weighted by Gasteiger charge is 2.32. The fourth-order valence-corrected chi connectivity index (χ4v) is 2.04. The minimum atomic E-state index is -4.76. The Morgan fingerprint density at radius 2 is 1.81 bits per heavy atom. The van der Waals surface area contributed by atoms with E-state index in [2.05, 4.69) is 36.6 Å². The maximum atomic E-state index is 12.0. The first-order valence-corrected chi connectivity index (χ1v) is 5.55. The summed E-state index contributed by atoms with van der Waals surface area (Å²) < 4.78 is 40.0. The quantitative estimate of drug-likeness (QED) is 0.733. The van der Waals surface area contributed by atoms with Crippen LogP contribution < -0.4 is 4.74 Å². The average molecular weight is 362 g/mol. The Morgan fingerprint density at radius 1 is 1.25 bits per heavy atom. The number of hydrogen-bond acceptors (Lipinski definition) is 2. The van der Waals surface area contributed by atoms with Gasteiger partial charge in [0, 0.05) is 10.0 Å². The van der Waals surface area contributed by atoms with Crippen molar-refractivity contribution in [2.75, 3.05) is 0 Å². The SMILES string of the molecule is CC(=O)c1ccc(OC(F)(F)F)c(Br)c1Br. The van der Waals surface area contributed by atoms with Crippen LogP contribution in [0.25, 0.3) is 0 Å². The van der Waals surface area contributed by atoms with E-state index in [0.717, 1.165) is 6.07 Å². The second-order valence-electron chi connectivity index (χ2n) is 2.84. The summed E-state index contributed by atoms with van der Waals surface area (Å²) in [6.07, 6.45) is -4.76. The lowest BCUT2D eigenvalue weighted by molar-refractivity contribution is -0.274. The summed E-state index contributed by atoms with van der Waals surface area (Å²) in [5.41, 5.74) is 0.279. The van der Waals surface area contributed by atoms with Gasteiger partial charge < -0.3 is 4.74 Å². The number of benzene rings is 1. The highest BCUT2D eigenvalue weighted by Crippen LogP contribution is 2.37. The van der Waals surface area contributed by atoms with Crippen LogP contribution in [0.4, 0.5) is 13.2 Å². The third kappa shape index (κ3) is 3.21. The van der Waals surface area contributed by atoms with Crippen LogP contribution in [-0.4, -0.2) is 12.1 Å². The molecule has 0 spiro atoms. The van der Waals surface area contributed by atoms with Crippen molar-refractivity contribution in [3.63, 3.8) is 0 Å². The second-order valence-corrected chi connectivity index (χ2v) is 4.43. The number of Topliss-reactive ketones (excluding diaryl/α,β-unsaturated/α-hetero) is 1.